The van der Waals surface area contributed by atoms with Crippen molar-refractivity contribution in [1.29, 1.82) is 0 Å². The van der Waals surface area contributed by atoms with Crippen LogP contribution >= 0.6 is 11.1 Å². The molecule has 4 saturated heterocycles. The Morgan fingerprint density at radius 2 is 0.309 bits per heavy atom. The number of benzene rings is 5. The summed E-state index contributed by atoms with van der Waals surface area (Å²) in [5, 5.41) is 9.65. The second-order valence-corrected chi connectivity index (χ2v) is 95.8. The van der Waals surface area contributed by atoms with Crippen molar-refractivity contribution in [2.75, 3.05) is 0 Å². The van der Waals surface area contributed by atoms with Gasteiger partial charge in [0.15, 0.2) is 6.42 Å². The molecule has 5 aromatic rings. The van der Waals surface area contributed by atoms with E-state index in [0.29, 0.717) is 88.8 Å². The van der Waals surface area contributed by atoms with Gasteiger partial charge in [-0.2, -0.15) is 11.1 Å². The highest BCUT2D eigenvalue weighted by Gasteiger charge is 3.34. The minimum Gasteiger partial charge on any atom is -0.168 e. The van der Waals surface area contributed by atoms with Gasteiger partial charge in [0.1, 0.15) is 0 Å². The summed E-state index contributed by atoms with van der Waals surface area (Å²) in [7, 11) is 0. The third-order valence-corrected chi connectivity index (χ3v) is 199. The first-order valence-electron chi connectivity index (χ1n) is 33.1. The molecule has 442 valence electrons. The molecule has 4 aliphatic heterocycles. The van der Waals surface area contributed by atoms with Crippen molar-refractivity contribution in [2.24, 2.45) is 0 Å². The van der Waals surface area contributed by atoms with Crippen LogP contribution in [0.15, 0.2) is 60.7 Å². The molecule has 4 aliphatic rings. The molecule has 0 aliphatic carbocycles. The van der Waals surface area contributed by atoms with Gasteiger partial charge in [0.05, 0.1) is 26.5 Å². The molecule has 5 aromatic carbocycles. The molecule has 2 bridgehead atoms. The number of halogens is 1. The number of rotatable bonds is 20. The van der Waals surface area contributed by atoms with Crippen LogP contribution in [-0.2, 0) is 0 Å². The van der Waals surface area contributed by atoms with Crippen LogP contribution in [0.1, 0.15) is 380 Å². The quantitative estimate of drug-likeness (QED) is 0.0538. The molecule has 0 aromatic heterocycles. The van der Waals surface area contributed by atoms with Gasteiger partial charge in [-0.3, -0.25) is 0 Å². The van der Waals surface area contributed by atoms with E-state index in [1.165, 1.54) is 16.7 Å². The highest BCUT2D eigenvalue weighted by Crippen LogP contribution is 2.91. The Bertz CT molecular complexity index is 2880. The van der Waals surface area contributed by atoms with Gasteiger partial charge >= 0.3 is 0 Å². The minimum atomic E-state index is -3.23. The number of hydrogen-bond donors (Lipinski definition) is 0. The highest BCUT2D eigenvalue weighted by atomic mass is 35.6. The van der Waals surface area contributed by atoms with E-state index in [1.807, 2.05) is 20.7 Å². The molecule has 4 fully saturated rings. The fourth-order valence-corrected chi connectivity index (χ4v) is 425. The Balaban J connectivity index is 1.92. The van der Waals surface area contributed by atoms with Crippen LogP contribution in [0, 0.1) is 0 Å². The Morgan fingerprint density at radius 3 is 0.432 bits per heavy atom. The first kappa shape index (κ1) is 64.5. The lowest BCUT2D eigenvalue weighted by atomic mass is 9.89. The van der Waals surface area contributed by atoms with Crippen molar-refractivity contribution in [2.45, 2.75) is 296 Å². The van der Waals surface area contributed by atoms with Crippen LogP contribution < -0.4 is 25.9 Å². The van der Waals surface area contributed by atoms with Crippen molar-refractivity contribution in [3.63, 3.8) is 0 Å². The summed E-state index contributed by atoms with van der Waals surface area (Å²) in [4.78, 5) is 0. The maximum absolute atomic E-state index is 10.8. The zero-order valence-electron chi connectivity index (χ0n) is 57.3. The average Bonchev–Trinajstić information content (AvgIpc) is 4.15. The Hall–Kier alpha value is -2.53. The van der Waals surface area contributed by atoms with Gasteiger partial charge < -0.3 is 0 Å². The van der Waals surface area contributed by atoms with E-state index >= 15 is 0 Å². The molecule has 6 heteroatoms. The van der Waals surface area contributed by atoms with E-state index in [1.54, 1.807) is 71.9 Å². The summed E-state index contributed by atoms with van der Waals surface area (Å²) in [6.45, 7) is 65.0. The van der Waals surface area contributed by atoms with Crippen molar-refractivity contribution >= 4 is 69.9 Å². The Kier molecular flexibility index (Phi) is 17.8. The van der Waals surface area contributed by atoms with E-state index in [-0.39, 0.29) is 0 Å². The zero-order valence-corrected chi connectivity index (χ0v) is 63.1. The normalized spacial score (nSPS) is 23.4. The summed E-state index contributed by atoms with van der Waals surface area (Å²) < 4.78 is 0. The molecular weight excluding hydrogens is 1080 g/mol. The van der Waals surface area contributed by atoms with E-state index < -0.39 is 32.9 Å². The number of hydrogen-bond acceptors (Lipinski definition) is 0. The summed E-state index contributed by atoms with van der Waals surface area (Å²) >= 11 is 10.8. The fraction of sp³-hybridized carbons (Fsp3) is 0.600. The second kappa shape index (κ2) is 22.3. The van der Waals surface area contributed by atoms with Gasteiger partial charge in [0.25, 0.3) is 0 Å². The molecule has 0 saturated carbocycles. The molecule has 0 unspecified atom stereocenters. The molecule has 0 amide bonds. The fourth-order valence-electron chi connectivity index (χ4n) is 17.3. The SMILES string of the molecule is CC(C)c1cc(C(C)C)c([Si]2(Cl)[Si]3(c4c(C(C)C)cc(C(C)C)cc4C(C)C)[Si]4(c5c(C(C)C)cc(C(C)C)cc5C(C)C)[Si]2(c2c(C(C)C)cc(C(C)C)cc2C(C)C)[Si]34c2c(C(C)C)cc(C(C)C)cc2C(C)C)c(C(C)C)c1. The minimum absolute atomic E-state index is 0.349. The van der Waals surface area contributed by atoms with Crippen LogP contribution in [0.3, 0.4) is 0 Å². The van der Waals surface area contributed by atoms with Gasteiger partial charge in [-0.1, -0.05) is 289 Å². The van der Waals surface area contributed by atoms with Crippen LogP contribution in [0.4, 0.5) is 0 Å². The monoisotopic (exact) mass is 1190 g/mol. The molecule has 4 heterocycles. The molecule has 0 spiro atoms. The maximum Gasteiger partial charge on any atom is 0.168 e. The molecular formula is C75H115ClSi5. The molecule has 0 atom stereocenters. The van der Waals surface area contributed by atoms with E-state index in [4.69, 9.17) is 0 Å². The second-order valence-electron chi connectivity index (χ2n) is 31.4. The summed E-state index contributed by atoms with van der Waals surface area (Å²) in [6.07, 6.45) is -3.23. The Labute approximate surface area is 506 Å². The molecule has 9 rings (SSSR count). The maximum atomic E-state index is 10.8. The lowest BCUT2D eigenvalue weighted by molar-refractivity contribution is 0.810. The van der Waals surface area contributed by atoms with Crippen molar-refractivity contribution < 1.29 is 0 Å². The highest BCUT2D eigenvalue weighted by molar-refractivity contribution is 8.87. The third-order valence-electron chi connectivity index (χ3n) is 21.2. The van der Waals surface area contributed by atoms with Crippen LogP contribution in [0.5, 0.6) is 0 Å². The first-order chi connectivity index (χ1) is 37.5. The first-order valence-corrected chi connectivity index (χ1v) is 51.1. The summed E-state index contributed by atoms with van der Waals surface area (Å²) in [6, 6.07) is 28.2. The molecule has 0 nitrogen and oxygen atoms in total. The summed E-state index contributed by atoms with van der Waals surface area (Å²) in [5.74, 6) is 5.94. The smallest absolute Gasteiger partial charge is 0.168 e. The molecule has 0 radical (unpaired) electrons. The van der Waals surface area contributed by atoms with Crippen LogP contribution in [0.2, 0.25) is 0 Å². The van der Waals surface area contributed by atoms with Gasteiger partial charge in [0.2, 0.25) is 0 Å². The topological polar surface area (TPSA) is 0 Å². The Morgan fingerprint density at radius 1 is 0.185 bits per heavy atom. The van der Waals surface area contributed by atoms with E-state index in [2.05, 4.69) is 268 Å². The van der Waals surface area contributed by atoms with Gasteiger partial charge in [-0.25, -0.2) is 0 Å². The lowest BCUT2D eigenvalue weighted by Crippen LogP contribution is -3.11. The average molecular weight is 1190 g/mol. The van der Waals surface area contributed by atoms with E-state index in [9.17, 15) is 11.1 Å². The standard InChI is InChI=1S/C75H115ClSi5/c1-41(2)56-31-61(46(11)12)71(62(32-56)47(13)14)77(76)78(72-63(48(15)16)33-57(42(3)4)34-64(72)49(17)18)80(74-67(52(23)24)37-59(44(7)8)38-68(74)53(25)26)79(77,73-65(50(19)20)35-58(43(5)6)36-66(73)51(21)22)81(78,80)75-69(54(27)28)39-60(45(9)10)40-70(75)55(29)30/h31-55H,1-30H3. The summed E-state index contributed by atoms with van der Waals surface area (Å²) in [5.41, 5.74) is 24.6. The van der Waals surface area contributed by atoms with Crippen molar-refractivity contribution in [1.82, 2.24) is 0 Å². The predicted molar refractivity (Wildman–Crippen MR) is 376 cm³/mol. The van der Waals surface area contributed by atoms with Gasteiger partial charge in [0, 0.05) is 0 Å². The third kappa shape index (κ3) is 8.60. The zero-order chi connectivity index (χ0) is 60.8. The van der Waals surface area contributed by atoms with Gasteiger partial charge in [-0.15, -0.1) is 0 Å². The molecule has 81 heavy (non-hydrogen) atoms. The van der Waals surface area contributed by atoms with Crippen molar-refractivity contribution in [3.05, 3.63) is 144 Å². The van der Waals surface area contributed by atoms with Crippen LogP contribution in [0.25, 0.3) is 0 Å². The lowest BCUT2D eigenvalue weighted by Gasteiger charge is -2.69. The largest absolute Gasteiger partial charge is 0.168 e. The van der Waals surface area contributed by atoms with Crippen LogP contribution in [-0.4, -0.2) is 32.9 Å². The predicted octanol–water partition coefficient (Wildman–Crippen LogP) is 19.9. The van der Waals surface area contributed by atoms with E-state index in [0.717, 1.165) is 0 Å². The van der Waals surface area contributed by atoms with Crippen molar-refractivity contribution in [3.8, 4) is 0 Å². The molecule has 0 N–H and O–H groups in total. The van der Waals surface area contributed by atoms with Gasteiger partial charge in [-0.05, 0) is 177 Å².